The average Bonchev–Trinajstić information content (AvgIpc) is 3.42. The normalized spacial score (nSPS) is 13.8. The van der Waals surface area contributed by atoms with Crippen LogP contribution in [0, 0.1) is 5.82 Å². The number of benzene rings is 2. The molecule has 5 nitrogen and oxygen atoms in total. The molecule has 7 heteroatoms. The number of carbonyl (C=O) groups excluding carboxylic acids is 1. The van der Waals surface area contributed by atoms with Crippen LogP contribution in [0.15, 0.2) is 54.6 Å². The van der Waals surface area contributed by atoms with E-state index in [0.717, 1.165) is 34.1 Å². The molecule has 1 aliphatic rings. The van der Waals surface area contributed by atoms with Crippen LogP contribution in [0.4, 0.5) is 9.52 Å². The van der Waals surface area contributed by atoms with Gasteiger partial charge < -0.3 is 4.57 Å². The summed E-state index contributed by atoms with van der Waals surface area (Å²) in [5.74, 6) is -0.502. The molecule has 0 unspecified atom stereocenters. The second-order valence-corrected chi connectivity index (χ2v) is 9.12. The molecule has 0 bridgehead atoms. The highest BCUT2D eigenvalue weighted by molar-refractivity contribution is 7.22. The number of carbonyl (C=O) groups is 1. The monoisotopic (exact) mass is 434 g/mol. The molecule has 2 heterocycles. The lowest BCUT2D eigenvalue weighted by molar-refractivity contribution is 0.101. The molecule has 1 amide bonds. The van der Waals surface area contributed by atoms with Crippen LogP contribution in [0.25, 0.3) is 21.5 Å². The maximum absolute atomic E-state index is 13.2. The standard InChI is InChI=1S/C24H23FN4OS/c1-28(18-8-9-18)14-15-3-10-19-22(13-15)31-24(26-19)27-23(30)21-12-11-20(29(21)2)16-4-6-17(25)7-5-16/h3-7,10-13,18H,8-9,14H2,1-2H3,(H,26,27,30). The summed E-state index contributed by atoms with van der Waals surface area (Å²) in [5.41, 5.74) is 4.36. The number of aromatic nitrogens is 2. The second kappa shape index (κ2) is 7.90. The predicted molar refractivity (Wildman–Crippen MR) is 123 cm³/mol. The SMILES string of the molecule is CN(Cc1ccc2nc(NC(=O)c3ccc(-c4ccc(F)cc4)n3C)sc2c1)C1CC1. The van der Waals surface area contributed by atoms with E-state index in [0.29, 0.717) is 10.8 Å². The molecule has 158 valence electrons. The number of anilines is 1. The molecule has 0 saturated heterocycles. The topological polar surface area (TPSA) is 50.2 Å². The second-order valence-electron chi connectivity index (χ2n) is 8.09. The van der Waals surface area contributed by atoms with Crippen LogP contribution in [0.5, 0.6) is 0 Å². The minimum absolute atomic E-state index is 0.219. The van der Waals surface area contributed by atoms with Crippen LogP contribution in [0.3, 0.4) is 0 Å². The van der Waals surface area contributed by atoms with E-state index >= 15 is 0 Å². The van der Waals surface area contributed by atoms with Gasteiger partial charge in [-0.2, -0.15) is 0 Å². The zero-order chi connectivity index (χ0) is 21.5. The van der Waals surface area contributed by atoms with Gasteiger partial charge in [0.15, 0.2) is 5.13 Å². The van der Waals surface area contributed by atoms with Crippen LogP contribution in [0.2, 0.25) is 0 Å². The van der Waals surface area contributed by atoms with E-state index in [1.54, 1.807) is 18.2 Å². The van der Waals surface area contributed by atoms with Crippen LogP contribution >= 0.6 is 11.3 Å². The van der Waals surface area contributed by atoms with Gasteiger partial charge in [0.25, 0.3) is 5.91 Å². The van der Waals surface area contributed by atoms with Gasteiger partial charge in [0, 0.05) is 25.3 Å². The van der Waals surface area contributed by atoms with Gasteiger partial charge in [-0.3, -0.25) is 15.0 Å². The van der Waals surface area contributed by atoms with Crippen molar-refractivity contribution in [3.63, 3.8) is 0 Å². The first-order valence-corrected chi connectivity index (χ1v) is 11.1. The predicted octanol–water partition coefficient (Wildman–Crippen LogP) is 5.29. The summed E-state index contributed by atoms with van der Waals surface area (Å²) < 4.78 is 16.1. The number of amides is 1. The summed E-state index contributed by atoms with van der Waals surface area (Å²) in [5, 5.41) is 3.51. The van der Waals surface area contributed by atoms with Crippen molar-refractivity contribution in [3.05, 3.63) is 71.7 Å². The van der Waals surface area contributed by atoms with E-state index in [-0.39, 0.29) is 11.7 Å². The quantitative estimate of drug-likeness (QED) is 0.449. The molecule has 31 heavy (non-hydrogen) atoms. The molecule has 0 radical (unpaired) electrons. The molecule has 2 aromatic heterocycles. The lowest BCUT2D eigenvalue weighted by atomic mass is 10.1. The van der Waals surface area contributed by atoms with Crippen molar-refractivity contribution in [2.75, 3.05) is 12.4 Å². The number of thiazole rings is 1. The van der Waals surface area contributed by atoms with E-state index in [2.05, 4.69) is 34.4 Å². The van der Waals surface area contributed by atoms with Crippen molar-refractivity contribution in [1.29, 1.82) is 0 Å². The number of hydrogen-bond acceptors (Lipinski definition) is 4. The number of halogens is 1. The minimum Gasteiger partial charge on any atom is -0.340 e. The molecule has 5 rings (SSSR count). The molecule has 4 aromatic rings. The van der Waals surface area contributed by atoms with Crippen molar-refractivity contribution in [1.82, 2.24) is 14.5 Å². The Morgan fingerprint density at radius 1 is 1.19 bits per heavy atom. The van der Waals surface area contributed by atoms with Crippen LogP contribution < -0.4 is 5.32 Å². The Labute approximate surface area is 184 Å². The molecular weight excluding hydrogens is 411 g/mol. The summed E-state index contributed by atoms with van der Waals surface area (Å²) in [4.78, 5) is 19.8. The van der Waals surface area contributed by atoms with Crippen LogP contribution in [-0.4, -0.2) is 33.4 Å². The molecule has 2 aromatic carbocycles. The summed E-state index contributed by atoms with van der Waals surface area (Å²) in [6, 6.07) is 16.9. The summed E-state index contributed by atoms with van der Waals surface area (Å²) in [6.07, 6.45) is 2.58. The molecule has 1 saturated carbocycles. The third-order valence-electron chi connectivity index (χ3n) is 5.77. The van der Waals surface area contributed by atoms with Crippen molar-refractivity contribution in [3.8, 4) is 11.3 Å². The van der Waals surface area contributed by atoms with Crippen LogP contribution in [0.1, 0.15) is 28.9 Å². The first-order valence-electron chi connectivity index (χ1n) is 10.3. The van der Waals surface area contributed by atoms with E-state index in [1.807, 2.05) is 23.7 Å². The molecule has 1 aliphatic carbocycles. The number of nitrogens with zero attached hydrogens (tertiary/aromatic N) is 3. The van der Waals surface area contributed by atoms with Gasteiger partial charge in [-0.05, 0) is 79.5 Å². The largest absolute Gasteiger partial charge is 0.340 e. The first kappa shape index (κ1) is 19.9. The highest BCUT2D eigenvalue weighted by Crippen LogP contribution is 2.30. The Hall–Kier alpha value is -3.03. The van der Waals surface area contributed by atoms with Crippen molar-refractivity contribution < 1.29 is 9.18 Å². The summed E-state index contributed by atoms with van der Waals surface area (Å²) >= 11 is 1.48. The first-order chi connectivity index (χ1) is 15.0. The van der Waals surface area contributed by atoms with Gasteiger partial charge in [0.05, 0.1) is 10.2 Å². The van der Waals surface area contributed by atoms with Crippen LogP contribution in [-0.2, 0) is 13.6 Å². The lowest BCUT2D eigenvalue weighted by Crippen LogP contribution is -2.19. The third-order valence-corrected chi connectivity index (χ3v) is 6.70. The highest BCUT2D eigenvalue weighted by atomic mass is 32.1. The van der Waals surface area contributed by atoms with E-state index < -0.39 is 0 Å². The molecule has 0 aliphatic heterocycles. The third kappa shape index (κ3) is 4.11. The number of rotatable bonds is 6. The maximum atomic E-state index is 13.2. The Morgan fingerprint density at radius 2 is 1.97 bits per heavy atom. The molecule has 0 spiro atoms. The van der Waals surface area contributed by atoms with E-state index in [4.69, 9.17) is 0 Å². The zero-order valence-corrected chi connectivity index (χ0v) is 18.2. The fourth-order valence-electron chi connectivity index (χ4n) is 3.86. The van der Waals surface area contributed by atoms with Gasteiger partial charge in [-0.1, -0.05) is 17.4 Å². The van der Waals surface area contributed by atoms with E-state index in [1.165, 1.54) is 41.9 Å². The Morgan fingerprint density at radius 3 is 2.71 bits per heavy atom. The number of hydrogen-bond donors (Lipinski definition) is 1. The van der Waals surface area contributed by atoms with Crippen molar-refractivity contribution in [2.45, 2.75) is 25.4 Å². The van der Waals surface area contributed by atoms with E-state index in [9.17, 15) is 9.18 Å². The van der Waals surface area contributed by atoms with Crippen molar-refractivity contribution >= 4 is 32.6 Å². The zero-order valence-electron chi connectivity index (χ0n) is 17.4. The minimum atomic E-state index is -0.283. The van der Waals surface area contributed by atoms with Gasteiger partial charge >= 0.3 is 0 Å². The Balaban J connectivity index is 1.33. The van der Waals surface area contributed by atoms with Gasteiger partial charge in [-0.25, -0.2) is 9.37 Å². The molecule has 1 fully saturated rings. The fraction of sp³-hybridized carbons (Fsp3) is 0.250. The Bertz CT molecular complexity index is 1260. The summed E-state index contributed by atoms with van der Waals surface area (Å²) in [6.45, 7) is 0.926. The smallest absolute Gasteiger partial charge is 0.274 e. The maximum Gasteiger partial charge on any atom is 0.274 e. The molecule has 0 atom stereocenters. The highest BCUT2D eigenvalue weighted by Gasteiger charge is 2.26. The van der Waals surface area contributed by atoms with Gasteiger partial charge in [0.2, 0.25) is 0 Å². The lowest BCUT2D eigenvalue weighted by Gasteiger charge is -2.15. The molecular formula is C24H23FN4OS. The summed E-state index contributed by atoms with van der Waals surface area (Å²) in [7, 11) is 3.99. The average molecular weight is 435 g/mol. The number of nitrogens with one attached hydrogen (secondary N) is 1. The number of fused-ring (bicyclic) bond motifs is 1. The Kier molecular flexibility index (Phi) is 5.08. The fourth-order valence-corrected chi connectivity index (χ4v) is 4.79. The van der Waals surface area contributed by atoms with Crippen molar-refractivity contribution in [2.24, 2.45) is 7.05 Å². The van der Waals surface area contributed by atoms with Gasteiger partial charge in [-0.15, -0.1) is 0 Å². The van der Waals surface area contributed by atoms with Gasteiger partial charge in [0.1, 0.15) is 11.5 Å². The molecule has 1 N–H and O–H groups in total.